The van der Waals surface area contributed by atoms with Crippen LogP contribution in [0.1, 0.15) is 44.1 Å². The predicted molar refractivity (Wildman–Crippen MR) is 127 cm³/mol. The largest absolute Gasteiger partial charge is 0.343 e. The number of benzene rings is 2. The molecule has 0 N–H and O–H groups in total. The molecule has 0 spiro atoms. The third kappa shape index (κ3) is 5.56. The molecule has 0 bridgehead atoms. The molecule has 0 radical (unpaired) electrons. The molecule has 1 aliphatic heterocycles. The Morgan fingerprint density at radius 3 is 2.42 bits per heavy atom. The predicted octanol–water partition coefficient (Wildman–Crippen LogP) is 5.52. The van der Waals surface area contributed by atoms with Gasteiger partial charge in [0.2, 0.25) is 5.91 Å². The van der Waals surface area contributed by atoms with Crippen LogP contribution >= 0.6 is 11.8 Å². The van der Waals surface area contributed by atoms with E-state index >= 15 is 0 Å². The normalized spacial score (nSPS) is 14.0. The second-order valence-electron chi connectivity index (χ2n) is 8.09. The van der Waals surface area contributed by atoms with E-state index < -0.39 is 0 Å². The molecular weight excluding hydrogens is 404 g/mol. The molecule has 0 atom stereocenters. The van der Waals surface area contributed by atoms with Gasteiger partial charge in [0.25, 0.3) is 0 Å². The highest BCUT2D eigenvalue weighted by Gasteiger charge is 2.17. The molecule has 4 rings (SSSR count). The first-order valence-electron chi connectivity index (χ1n) is 11.2. The summed E-state index contributed by atoms with van der Waals surface area (Å²) in [6.07, 6.45) is 6.13. The summed E-state index contributed by atoms with van der Waals surface area (Å²) in [5.41, 5.74) is 3.34. The number of hydrogen-bond acceptors (Lipinski definition) is 4. The number of hydrogen-bond donors (Lipinski definition) is 0. The zero-order chi connectivity index (χ0) is 21.5. The fourth-order valence-corrected chi connectivity index (χ4v) is 4.86. The molecule has 3 aromatic rings. The molecule has 0 aliphatic carbocycles. The Morgan fingerprint density at radius 2 is 1.68 bits per heavy atom. The fourth-order valence-electron chi connectivity index (χ4n) is 3.91. The van der Waals surface area contributed by atoms with Crippen LogP contribution < -0.4 is 0 Å². The number of carbonyl (C=O) groups is 1. The zero-order valence-electron chi connectivity index (χ0n) is 18.2. The maximum Gasteiger partial charge on any atom is 0.222 e. The van der Waals surface area contributed by atoms with Crippen molar-refractivity contribution in [2.75, 3.05) is 18.8 Å². The van der Waals surface area contributed by atoms with Crippen molar-refractivity contribution < 1.29 is 4.79 Å². The maximum absolute atomic E-state index is 12.4. The second kappa shape index (κ2) is 10.6. The summed E-state index contributed by atoms with van der Waals surface area (Å²) in [5.74, 6) is 2.10. The summed E-state index contributed by atoms with van der Waals surface area (Å²) >= 11 is 1.71. The molecule has 1 saturated heterocycles. The number of rotatable bonds is 8. The van der Waals surface area contributed by atoms with Gasteiger partial charge in [-0.1, -0.05) is 59.8 Å². The van der Waals surface area contributed by atoms with Crippen LogP contribution in [0, 0.1) is 6.92 Å². The summed E-state index contributed by atoms with van der Waals surface area (Å²) in [6.45, 7) is 3.97. The van der Waals surface area contributed by atoms with E-state index in [4.69, 9.17) is 0 Å². The van der Waals surface area contributed by atoms with Crippen molar-refractivity contribution in [2.24, 2.45) is 0 Å². The van der Waals surface area contributed by atoms with Crippen LogP contribution in [0.15, 0.2) is 59.8 Å². The number of thioether (sulfide) groups is 1. The molecule has 2 heterocycles. The molecular formula is C25H30N4OS. The molecule has 1 fully saturated rings. The average molecular weight is 435 g/mol. The van der Waals surface area contributed by atoms with Gasteiger partial charge in [-0.2, -0.15) is 0 Å². The van der Waals surface area contributed by atoms with Gasteiger partial charge in [-0.05, 0) is 51.2 Å². The highest BCUT2D eigenvalue weighted by molar-refractivity contribution is 7.99. The minimum absolute atomic E-state index is 0.318. The lowest BCUT2D eigenvalue weighted by Gasteiger charge is -2.26. The first-order valence-corrected chi connectivity index (χ1v) is 12.2. The van der Waals surface area contributed by atoms with Crippen LogP contribution in [0.5, 0.6) is 0 Å². The first kappa shape index (κ1) is 21.6. The van der Waals surface area contributed by atoms with Crippen LogP contribution in [-0.2, 0) is 4.79 Å². The first-order chi connectivity index (χ1) is 15.2. The molecule has 0 unspecified atom stereocenters. The molecule has 1 aliphatic rings. The van der Waals surface area contributed by atoms with Crippen molar-refractivity contribution in [2.45, 2.75) is 50.6 Å². The van der Waals surface area contributed by atoms with Crippen LogP contribution in [0.25, 0.3) is 17.1 Å². The van der Waals surface area contributed by atoms with Crippen LogP contribution in [0.2, 0.25) is 0 Å². The van der Waals surface area contributed by atoms with Gasteiger partial charge in [-0.25, -0.2) is 0 Å². The fraction of sp³-hybridized carbons (Fsp3) is 0.400. The average Bonchev–Trinajstić information content (AvgIpc) is 3.24. The quantitative estimate of drug-likeness (QED) is 0.346. The van der Waals surface area contributed by atoms with Crippen molar-refractivity contribution in [3.8, 4) is 17.1 Å². The Morgan fingerprint density at radius 1 is 0.935 bits per heavy atom. The van der Waals surface area contributed by atoms with E-state index in [0.717, 1.165) is 66.8 Å². The lowest BCUT2D eigenvalue weighted by Crippen LogP contribution is -2.35. The minimum atomic E-state index is 0.318. The SMILES string of the molecule is Cc1ccc(-n2c(SCCCCC(=O)N3CCCCC3)nnc2-c2ccccc2)cc1. The molecule has 31 heavy (non-hydrogen) atoms. The number of amides is 1. The third-order valence-electron chi connectivity index (χ3n) is 5.68. The molecule has 5 nitrogen and oxygen atoms in total. The van der Waals surface area contributed by atoms with E-state index in [2.05, 4.69) is 58.1 Å². The van der Waals surface area contributed by atoms with Crippen molar-refractivity contribution in [3.63, 3.8) is 0 Å². The monoisotopic (exact) mass is 434 g/mol. The Hall–Kier alpha value is -2.60. The lowest BCUT2D eigenvalue weighted by molar-refractivity contribution is -0.132. The van der Waals surface area contributed by atoms with E-state index in [1.807, 2.05) is 23.1 Å². The van der Waals surface area contributed by atoms with Crippen LogP contribution in [0.3, 0.4) is 0 Å². The minimum Gasteiger partial charge on any atom is -0.343 e. The Kier molecular flexibility index (Phi) is 7.41. The summed E-state index contributed by atoms with van der Waals surface area (Å²) in [6, 6.07) is 18.7. The second-order valence-corrected chi connectivity index (χ2v) is 9.15. The molecule has 2 aromatic carbocycles. The smallest absolute Gasteiger partial charge is 0.222 e. The van der Waals surface area contributed by atoms with Gasteiger partial charge in [-0.15, -0.1) is 10.2 Å². The van der Waals surface area contributed by atoms with E-state index in [9.17, 15) is 4.79 Å². The number of aryl methyl sites for hydroxylation is 1. The standard InChI is InChI=1S/C25H30N4OS/c1-20-13-15-22(16-14-20)29-24(21-10-4-2-5-11-21)26-27-25(29)31-19-9-6-12-23(30)28-17-7-3-8-18-28/h2,4-5,10-11,13-16H,3,6-9,12,17-19H2,1H3. The van der Waals surface area contributed by atoms with Crippen LogP contribution in [-0.4, -0.2) is 44.4 Å². The number of piperidine rings is 1. The van der Waals surface area contributed by atoms with E-state index in [0.29, 0.717) is 12.3 Å². The molecule has 1 aromatic heterocycles. The number of nitrogens with zero attached hydrogens (tertiary/aromatic N) is 4. The van der Waals surface area contributed by atoms with E-state index in [1.165, 1.54) is 12.0 Å². The van der Waals surface area contributed by atoms with E-state index in [1.54, 1.807) is 11.8 Å². The summed E-state index contributed by atoms with van der Waals surface area (Å²) in [7, 11) is 0. The molecule has 0 saturated carbocycles. The van der Waals surface area contributed by atoms with E-state index in [-0.39, 0.29) is 0 Å². The summed E-state index contributed by atoms with van der Waals surface area (Å²) < 4.78 is 2.14. The number of likely N-dealkylation sites (tertiary alicyclic amines) is 1. The van der Waals surface area contributed by atoms with Crippen molar-refractivity contribution in [1.29, 1.82) is 0 Å². The van der Waals surface area contributed by atoms with Crippen molar-refractivity contribution >= 4 is 17.7 Å². The molecule has 162 valence electrons. The van der Waals surface area contributed by atoms with Gasteiger partial charge < -0.3 is 4.90 Å². The van der Waals surface area contributed by atoms with Gasteiger partial charge in [0.1, 0.15) is 0 Å². The van der Waals surface area contributed by atoms with Gasteiger partial charge in [0, 0.05) is 36.5 Å². The summed E-state index contributed by atoms with van der Waals surface area (Å²) in [5, 5.41) is 9.90. The molecule has 1 amide bonds. The highest BCUT2D eigenvalue weighted by Crippen LogP contribution is 2.28. The lowest BCUT2D eigenvalue weighted by atomic mass is 10.1. The number of unbranched alkanes of at least 4 members (excludes halogenated alkanes) is 1. The summed E-state index contributed by atoms with van der Waals surface area (Å²) in [4.78, 5) is 14.4. The topological polar surface area (TPSA) is 51.0 Å². The highest BCUT2D eigenvalue weighted by atomic mass is 32.2. The van der Waals surface area contributed by atoms with Crippen molar-refractivity contribution in [1.82, 2.24) is 19.7 Å². The van der Waals surface area contributed by atoms with Crippen molar-refractivity contribution in [3.05, 3.63) is 60.2 Å². The maximum atomic E-state index is 12.4. The Bertz CT molecular complexity index is 979. The van der Waals surface area contributed by atoms with Gasteiger partial charge in [-0.3, -0.25) is 9.36 Å². The number of aromatic nitrogens is 3. The Balaban J connectivity index is 1.40. The van der Waals surface area contributed by atoms with Gasteiger partial charge in [0.15, 0.2) is 11.0 Å². The van der Waals surface area contributed by atoms with Crippen LogP contribution in [0.4, 0.5) is 0 Å². The Labute approximate surface area is 188 Å². The zero-order valence-corrected chi connectivity index (χ0v) is 19.0. The van der Waals surface area contributed by atoms with Gasteiger partial charge in [0.05, 0.1) is 0 Å². The number of carbonyl (C=O) groups excluding carboxylic acids is 1. The third-order valence-corrected chi connectivity index (χ3v) is 6.70. The van der Waals surface area contributed by atoms with Gasteiger partial charge >= 0.3 is 0 Å². The molecule has 6 heteroatoms.